The van der Waals surface area contributed by atoms with Crippen molar-refractivity contribution in [2.75, 3.05) is 11.5 Å². The number of hydrogen-bond donors (Lipinski definition) is 6. The lowest BCUT2D eigenvalue weighted by molar-refractivity contribution is -0.147. The molecule has 0 saturated heterocycles. The summed E-state index contributed by atoms with van der Waals surface area (Å²) in [4.78, 5) is 52.0. The lowest BCUT2D eigenvalue weighted by Gasteiger charge is -2.53. The standard InChI is InChI=1S/C21H28N8O5/c22-15-14-16(29-19(23)28-15)24-9-11(26-14)10-25-21-6-3-20(4-7-21,5-8-21)18(34)27-12(17(32)33)1-2-13(30)31/h9,12,25H,1-8,10H2,(H,27,34)(H,30,31)(H,32,33)(H4,22,23,24,28,29). The summed E-state index contributed by atoms with van der Waals surface area (Å²) >= 11 is 0. The Bertz CT molecular complexity index is 1120. The Kier molecular flexibility index (Phi) is 6.21. The smallest absolute Gasteiger partial charge is 0.326 e. The first kappa shape index (κ1) is 23.5. The van der Waals surface area contributed by atoms with Crippen LogP contribution in [0.5, 0.6) is 0 Å². The predicted octanol–water partition coefficient (Wildman–Crippen LogP) is 0.201. The number of nitrogens with zero attached hydrogens (tertiary/aromatic N) is 4. The van der Waals surface area contributed by atoms with Gasteiger partial charge in [0, 0.05) is 23.9 Å². The Balaban J connectivity index is 1.37. The van der Waals surface area contributed by atoms with E-state index >= 15 is 0 Å². The Morgan fingerprint density at radius 3 is 2.32 bits per heavy atom. The maximum atomic E-state index is 13.0. The van der Waals surface area contributed by atoms with Gasteiger partial charge in [0.05, 0.1) is 11.9 Å². The minimum absolute atomic E-state index is 0.0394. The number of fused-ring (bicyclic) bond motifs is 4. The van der Waals surface area contributed by atoms with Crippen LogP contribution in [0, 0.1) is 5.41 Å². The van der Waals surface area contributed by atoms with Gasteiger partial charge in [-0.1, -0.05) is 0 Å². The molecule has 0 radical (unpaired) electrons. The highest BCUT2D eigenvalue weighted by Gasteiger charge is 2.52. The third-order valence-electron chi connectivity index (χ3n) is 7.12. The number of nitrogens with two attached hydrogens (primary N) is 2. The Morgan fingerprint density at radius 1 is 1.03 bits per heavy atom. The summed E-state index contributed by atoms with van der Waals surface area (Å²) in [5.41, 5.74) is 12.1. The molecule has 3 fully saturated rings. The zero-order valence-electron chi connectivity index (χ0n) is 18.6. The summed E-state index contributed by atoms with van der Waals surface area (Å²) in [6.07, 6.45) is 5.31. The molecule has 0 spiro atoms. The number of aliphatic carboxylic acids is 2. The topological polar surface area (TPSA) is 219 Å². The Hall–Kier alpha value is -3.61. The average Bonchev–Trinajstić information content (AvgIpc) is 2.81. The molecule has 0 aromatic carbocycles. The second-order valence-electron chi connectivity index (χ2n) is 9.21. The number of anilines is 2. The molecule has 1 atom stereocenters. The molecule has 2 aromatic heterocycles. The van der Waals surface area contributed by atoms with Crippen molar-refractivity contribution in [3.63, 3.8) is 0 Å². The van der Waals surface area contributed by atoms with E-state index < -0.39 is 23.4 Å². The molecule has 13 heteroatoms. The van der Waals surface area contributed by atoms with Gasteiger partial charge in [-0.2, -0.15) is 9.97 Å². The number of aromatic nitrogens is 4. The molecule has 3 saturated carbocycles. The van der Waals surface area contributed by atoms with Gasteiger partial charge in [0.25, 0.3) is 0 Å². The maximum absolute atomic E-state index is 13.0. The van der Waals surface area contributed by atoms with E-state index in [0.29, 0.717) is 42.7 Å². The van der Waals surface area contributed by atoms with Crippen molar-refractivity contribution in [1.82, 2.24) is 30.6 Å². The van der Waals surface area contributed by atoms with Crippen LogP contribution in [0.15, 0.2) is 6.20 Å². The van der Waals surface area contributed by atoms with E-state index in [4.69, 9.17) is 16.6 Å². The second kappa shape index (κ2) is 8.97. The van der Waals surface area contributed by atoms with Crippen LogP contribution in [0.1, 0.15) is 57.1 Å². The van der Waals surface area contributed by atoms with Gasteiger partial charge in [0.1, 0.15) is 6.04 Å². The molecule has 34 heavy (non-hydrogen) atoms. The van der Waals surface area contributed by atoms with E-state index in [-0.39, 0.29) is 36.1 Å². The van der Waals surface area contributed by atoms with Crippen molar-refractivity contribution < 1.29 is 24.6 Å². The number of nitrogens with one attached hydrogen (secondary N) is 2. The zero-order chi connectivity index (χ0) is 24.5. The van der Waals surface area contributed by atoms with Crippen LogP contribution in [0.3, 0.4) is 0 Å². The molecule has 2 aromatic rings. The molecule has 1 amide bonds. The third kappa shape index (κ3) is 4.69. The largest absolute Gasteiger partial charge is 0.481 e. The van der Waals surface area contributed by atoms with E-state index in [1.807, 2.05) is 0 Å². The molecule has 0 aliphatic heterocycles. The molecular weight excluding hydrogens is 444 g/mol. The van der Waals surface area contributed by atoms with Crippen molar-refractivity contribution in [3.05, 3.63) is 11.9 Å². The number of carbonyl (C=O) groups is 3. The van der Waals surface area contributed by atoms with Crippen molar-refractivity contribution >= 4 is 40.8 Å². The minimum Gasteiger partial charge on any atom is -0.481 e. The fourth-order valence-electron chi connectivity index (χ4n) is 4.97. The van der Waals surface area contributed by atoms with E-state index in [2.05, 4.69) is 30.6 Å². The highest BCUT2D eigenvalue weighted by molar-refractivity contribution is 5.88. The molecule has 182 valence electrons. The van der Waals surface area contributed by atoms with Crippen molar-refractivity contribution in [2.45, 2.75) is 69.5 Å². The first-order chi connectivity index (χ1) is 16.1. The molecule has 2 bridgehead atoms. The van der Waals surface area contributed by atoms with Crippen molar-refractivity contribution in [3.8, 4) is 0 Å². The number of rotatable bonds is 9. The molecular formula is C21H28N8O5. The van der Waals surface area contributed by atoms with E-state index in [1.54, 1.807) is 6.20 Å². The number of carboxylic acid groups (broad SMARTS) is 2. The summed E-state index contributed by atoms with van der Waals surface area (Å²) in [6.45, 7) is 0.461. The highest BCUT2D eigenvalue weighted by Crippen LogP contribution is 2.52. The van der Waals surface area contributed by atoms with Gasteiger partial charge in [-0.3, -0.25) is 9.59 Å². The number of amides is 1. The summed E-state index contributed by atoms with van der Waals surface area (Å²) in [5, 5.41) is 24.4. The quantitative estimate of drug-likeness (QED) is 0.288. The molecule has 1 unspecified atom stereocenters. The zero-order valence-corrected chi connectivity index (χ0v) is 18.6. The first-order valence-corrected chi connectivity index (χ1v) is 11.2. The number of nitrogen functional groups attached to an aromatic ring is 2. The fraction of sp³-hybridized carbons (Fsp3) is 0.571. The minimum atomic E-state index is -1.22. The summed E-state index contributed by atoms with van der Waals surface area (Å²) in [6, 6.07) is -1.21. The van der Waals surface area contributed by atoms with Crippen LogP contribution in [0.4, 0.5) is 11.8 Å². The number of carboxylic acids is 2. The SMILES string of the molecule is Nc1nc(N)c2nc(CNC34CCC(C(=O)NC(CCC(=O)O)C(=O)O)(CC3)CC4)cnc2n1. The first-order valence-electron chi connectivity index (χ1n) is 11.2. The van der Waals surface area contributed by atoms with Gasteiger partial charge in [0.2, 0.25) is 11.9 Å². The third-order valence-corrected chi connectivity index (χ3v) is 7.12. The van der Waals surface area contributed by atoms with Crippen LogP contribution in [-0.4, -0.2) is 59.6 Å². The predicted molar refractivity (Wildman–Crippen MR) is 120 cm³/mol. The highest BCUT2D eigenvalue weighted by atomic mass is 16.4. The monoisotopic (exact) mass is 472 g/mol. The van der Waals surface area contributed by atoms with Gasteiger partial charge < -0.3 is 32.3 Å². The van der Waals surface area contributed by atoms with Crippen LogP contribution >= 0.6 is 0 Å². The summed E-state index contributed by atoms with van der Waals surface area (Å²) in [7, 11) is 0. The van der Waals surface area contributed by atoms with E-state index in [0.717, 1.165) is 19.3 Å². The molecule has 3 aliphatic rings. The lowest BCUT2D eigenvalue weighted by Crippen LogP contribution is -2.59. The van der Waals surface area contributed by atoms with Crippen LogP contribution in [0.2, 0.25) is 0 Å². The normalized spacial score (nSPS) is 24.6. The van der Waals surface area contributed by atoms with Gasteiger partial charge in [0.15, 0.2) is 17.0 Å². The number of carbonyl (C=O) groups excluding carboxylic acids is 1. The van der Waals surface area contributed by atoms with Crippen molar-refractivity contribution in [1.29, 1.82) is 0 Å². The van der Waals surface area contributed by atoms with Gasteiger partial charge in [-0.05, 0) is 44.9 Å². The molecule has 3 aliphatic carbocycles. The van der Waals surface area contributed by atoms with Crippen LogP contribution < -0.4 is 22.1 Å². The van der Waals surface area contributed by atoms with Crippen LogP contribution in [0.25, 0.3) is 11.2 Å². The molecule has 8 N–H and O–H groups in total. The van der Waals surface area contributed by atoms with Gasteiger partial charge >= 0.3 is 11.9 Å². The molecule has 13 nitrogen and oxygen atoms in total. The van der Waals surface area contributed by atoms with Gasteiger partial charge in [-0.15, -0.1) is 0 Å². The molecule has 5 rings (SSSR count). The van der Waals surface area contributed by atoms with Gasteiger partial charge in [-0.25, -0.2) is 14.8 Å². The maximum Gasteiger partial charge on any atom is 0.326 e. The van der Waals surface area contributed by atoms with Crippen molar-refractivity contribution in [2.24, 2.45) is 5.41 Å². The second-order valence-corrected chi connectivity index (χ2v) is 9.21. The summed E-state index contributed by atoms with van der Waals surface area (Å²) in [5.74, 6) is -2.41. The fourth-order valence-corrected chi connectivity index (χ4v) is 4.97. The summed E-state index contributed by atoms with van der Waals surface area (Å²) < 4.78 is 0. The van der Waals surface area contributed by atoms with E-state index in [1.165, 1.54) is 0 Å². The van der Waals surface area contributed by atoms with E-state index in [9.17, 15) is 19.5 Å². The Morgan fingerprint density at radius 2 is 1.71 bits per heavy atom. The van der Waals surface area contributed by atoms with Crippen LogP contribution in [-0.2, 0) is 20.9 Å². The average molecular weight is 473 g/mol. The lowest BCUT2D eigenvalue weighted by atomic mass is 9.57. The molecule has 2 heterocycles. The number of hydrogen-bond acceptors (Lipinski definition) is 10. The Labute approximate surface area is 194 Å².